The standard InChI is InChI=1S/C24H26N4O.ClH/c1-18-15-19(2)28(26-18)17-29-21-8-6-7-20(16-21)11-12-23-22-9-4-5-10-24(22)27(3)14-13-25-23;/h4-12,15-16H,13-14,17H2,1-3H3;1H/b12-11+;. The van der Waals surface area contributed by atoms with E-state index in [1.807, 2.05) is 42.8 Å². The Morgan fingerprint density at radius 3 is 2.67 bits per heavy atom. The molecule has 0 saturated heterocycles. The first-order valence-corrected chi connectivity index (χ1v) is 9.87. The Morgan fingerprint density at radius 2 is 1.87 bits per heavy atom. The topological polar surface area (TPSA) is 42.6 Å². The van der Waals surface area contributed by atoms with Crippen LogP contribution in [0.4, 0.5) is 5.69 Å². The molecule has 0 aliphatic carbocycles. The number of benzene rings is 2. The molecule has 1 aliphatic rings. The molecule has 0 spiro atoms. The third kappa shape index (κ3) is 4.92. The van der Waals surface area contributed by atoms with E-state index >= 15 is 0 Å². The molecule has 5 nitrogen and oxygen atoms in total. The highest BCUT2D eigenvalue weighted by molar-refractivity contribution is 6.14. The quantitative estimate of drug-likeness (QED) is 0.586. The molecule has 4 rings (SSSR count). The summed E-state index contributed by atoms with van der Waals surface area (Å²) in [6.07, 6.45) is 4.19. The number of para-hydroxylation sites is 1. The number of anilines is 1. The summed E-state index contributed by atoms with van der Waals surface area (Å²) in [6, 6.07) is 18.6. The van der Waals surface area contributed by atoms with Gasteiger partial charge in [-0.3, -0.25) is 4.99 Å². The molecule has 0 saturated carbocycles. The van der Waals surface area contributed by atoms with Crippen LogP contribution in [-0.4, -0.2) is 35.6 Å². The Hall–Kier alpha value is -3.05. The van der Waals surface area contributed by atoms with Gasteiger partial charge in [-0.05, 0) is 49.8 Å². The van der Waals surface area contributed by atoms with Crippen LogP contribution in [0.3, 0.4) is 0 Å². The fourth-order valence-corrected chi connectivity index (χ4v) is 3.52. The number of halogens is 1. The van der Waals surface area contributed by atoms with Crippen LogP contribution in [0, 0.1) is 13.8 Å². The van der Waals surface area contributed by atoms with Gasteiger partial charge in [-0.15, -0.1) is 12.4 Å². The molecule has 0 bridgehead atoms. The first-order valence-electron chi connectivity index (χ1n) is 9.87. The maximum atomic E-state index is 5.94. The number of aromatic nitrogens is 2. The van der Waals surface area contributed by atoms with Gasteiger partial charge in [-0.2, -0.15) is 5.10 Å². The minimum atomic E-state index is 0. The van der Waals surface area contributed by atoms with E-state index in [2.05, 4.69) is 59.5 Å². The predicted molar refractivity (Wildman–Crippen MR) is 126 cm³/mol. The number of likely N-dealkylation sites (N-methyl/N-ethyl adjacent to an activating group) is 1. The van der Waals surface area contributed by atoms with Gasteiger partial charge < -0.3 is 9.64 Å². The molecule has 2 aromatic carbocycles. The summed E-state index contributed by atoms with van der Waals surface area (Å²) in [7, 11) is 2.12. The zero-order chi connectivity index (χ0) is 20.2. The van der Waals surface area contributed by atoms with Gasteiger partial charge >= 0.3 is 0 Å². The van der Waals surface area contributed by atoms with E-state index in [0.29, 0.717) is 6.73 Å². The molecule has 0 atom stereocenters. The van der Waals surface area contributed by atoms with Gasteiger partial charge in [0.2, 0.25) is 0 Å². The van der Waals surface area contributed by atoms with E-state index in [1.54, 1.807) is 0 Å². The number of ether oxygens (including phenoxy) is 1. The average molecular weight is 423 g/mol. The van der Waals surface area contributed by atoms with Crippen LogP contribution < -0.4 is 9.64 Å². The van der Waals surface area contributed by atoms with E-state index in [1.165, 1.54) is 11.3 Å². The number of benzodiazepines with no additional fused rings is 1. The number of rotatable bonds is 5. The largest absolute Gasteiger partial charge is 0.471 e. The van der Waals surface area contributed by atoms with Gasteiger partial charge in [0.25, 0.3) is 0 Å². The Balaban J connectivity index is 0.00000256. The lowest BCUT2D eigenvalue weighted by Gasteiger charge is -2.18. The van der Waals surface area contributed by atoms with Crippen molar-refractivity contribution in [1.82, 2.24) is 9.78 Å². The molecule has 6 heteroatoms. The maximum absolute atomic E-state index is 5.94. The molecular weight excluding hydrogens is 396 g/mol. The van der Waals surface area contributed by atoms with Crippen LogP contribution in [0.15, 0.2) is 65.7 Å². The smallest absolute Gasteiger partial charge is 0.181 e. The number of aryl methyl sites for hydroxylation is 2. The van der Waals surface area contributed by atoms with Crippen molar-refractivity contribution in [2.75, 3.05) is 25.0 Å². The maximum Gasteiger partial charge on any atom is 0.181 e. The number of aliphatic imine (C=N–C) groups is 1. The lowest BCUT2D eigenvalue weighted by molar-refractivity contribution is 0.218. The van der Waals surface area contributed by atoms with Crippen LogP contribution in [0.1, 0.15) is 22.5 Å². The van der Waals surface area contributed by atoms with Gasteiger partial charge in [-0.25, -0.2) is 4.68 Å². The highest BCUT2D eigenvalue weighted by Crippen LogP contribution is 2.23. The minimum Gasteiger partial charge on any atom is -0.471 e. The first-order chi connectivity index (χ1) is 14.1. The van der Waals surface area contributed by atoms with Gasteiger partial charge in [0, 0.05) is 30.5 Å². The zero-order valence-corrected chi connectivity index (χ0v) is 18.4. The summed E-state index contributed by atoms with van der Waals surface area (Å²) in [5.74, 6) is 0.822. The SMILES string of the molecule is Cc1cc(C)n(COc2cccc(/C=C/C3=NCCN(C)c4ccccc43)c2)n1.Cl. The molecule has 0 fully saturated rings. The van der Waals surface area contributed by atoms with E-state index in [4.69, 9.17) is 9.73 Å². The lowest BCUT2D eigenvalue weighted by atomic mass is 10.1. The van der Waals surface area contributed by atoms with E-state index in [9.17, 15) is 0 Å². The van der Waals surface area contributed by atoms with E-state index in [-0.39, 0.29) is 12.4 Å². The number of nitrogens with zero attached hydrogens (tertiary/aromatic N) is 4. The van der Waals surface area contributed by atoms with Crippen molar-refractivity contribution in [3.8, 4) is 5.75 Å². The summed E-state index contributed by atoms with van der Waals surface area (Å²) in [5, 5.41) is 4.44. The Labute approximate surface area is 184 Å². The van der Waals surface area contributed by atoms with Gasteiger partial charge in [-0.1, -0.05) is 36.4 Å². The second kappa shape index (κ2) is 9.63. The fourth-order valence-electron chi connectivity index (χ4n) is 3.52. The molecule has 1 aliphatic heterocycles. The molecule has 30 heavy (non-hydrogen) atoms. The monoisotopic (exact) mass is 422 g/mol. The Kier molecular flexibility index (Phi) is 6.95. The number of hydrogen-bond acceptors (Lipinski definition) is 4. The molecule has 1 aromatic heterocycles. The summed E-state index contributed by atoms with van der Waals surface area (Å²) >= 11 is 0. The summed E-state index contributed by atoms with van der Waals surface area (Å²) in [4.78, 5) is 7.04. The summed E-state index contributed by atoms with van der Waals surface area (Å²) < 4.78 is 7.81. The summed E-state index contributed by atoms with van der Waals surface area (Å²) in [6.45, 7) is 6.13. The van der Waals surface area contributed by atoms with Gasteiger partial charge in [0.1, 0.15) is 5.75 Å². The van der Waals surface area contributed by atoms with Crippen molar-refractivity contribution in [2.24, 2.45) is 4.99 Å². The second-order valence-electron chi connectivity index (χ2n) is 7.31. The highest BCUT2D eigenvalue weighted by Gasteiger charge is 2.13. The first kappa shape index (κ1) is 21.7. The number of fused-ring (bicyclic) bond motifs is 1. The van der Waals surface area contributed by atoms with Crippen LogP contribution in [0.5, 0.6) is 5.75 Å². The van der Waals surface area contributed by atoms with Gasteiger partial charge in [0.05, 0.1) is 18.0 Å². The molecule has 156 valence electrons. The number of hydrogen-bond donors (Lipinski definition) is 0. The fraction of sp³-hybridized carbons (Fsp3) is 0.250. The Morgan fingerprint density at radius 1 is 1.03 bits per heavy atom. The van der Waals surface area contributed by atoms with Crippen molar-refractivity contribution in [2.45, 2.75) is 20.6 Å². The molecule has 2 heterocycles. The lowest BCUT2D eigenvalue weighted by Crippen LogP contribution is -2.20. The van der Waals surface area contributed by atoms with Crippen LogP contribution in [-0.2, 0) is 6.73 Å². The van der Waals surface area contributed by atoms with Gasteiger partial charge in [0.15, 0.2) is 6.73 Å². The third-order valence-electron chi connectivity index (χ3n) is 5.06. The molecule has 0 amide bonds. The normalized spacial score (nSPS) is 13.4. The highest BCUT2D eigenvalue weighted by atomic mass is 35.5. The number of allylic oxidation sites excluding steroid dienone is 1. The van der Waals surface area contributed by atoms with Crippen LogP contribution >= 0.6 is 12.4 Å². The average Bonchev–Trinajstić information content (AvgIpc) is 2.96. The van der Waals surface area contributed by atoms with Crippen molar-refractivity contribution in [3.05, 3.63) is 83.2 Å². The van der Waals surface area contributed by atoms with Crippen molar-refractivity contribution in [3.63, 3.8) is 0 Å². The van der Waals surface area contributed by atoms with Crippen LogP contribution in [0.25, 0.3) is 6.08 Å². The van der Waals surface area contributed by atoms with Crippen molar-refractivity contribution in [1.29, 1.82) is 0 Å². The second-order valence-corrected chi connectivity index (χ2v) is 7.31. The Bertz CT molecular complexity index is 1070. The molecular formula is C24H27ClN4O. The van der Waals surface area contributed by atoms with E-state index in [0.717, 1.165) is 41.5 Å². The zero-order valence-electron chi connectivity index (χ0n) is 17.6. The summed E-state index contributed by atoms with van der Waals surface area (Å²) in [5.41, 5.74) is 6.56. The van der Waals surface area contributed by atoms with Crippen molar-refractivity contribution >= 4 is 29.9 Å². The third-order valence-corrected chi connectivity index (χ3v) is 5.06. The molecule has 0 radical (unpaired) electrons. The molecule has 0 unspecified atom stereocenters. The van der Waals surface area contributed by atoms with E-state index < -0.39 is 0 Å². The molecule has 0 N–H and O–H groups in total. The molecule has 3 aromatic rings. The van der Waals surface area contributed by atoms with Crippen molar-refractivity contribution < 1.29 is 4.74 Å². The predicted octanol–water partition coefficient (Wildman–Crippen LogP) is 4.91. The van der Waals surface area contributed by atoms with Crippen LogP contribution in [0.2, 0.25) is 0 Å². The minimum absolute atomic E-state index is 0.